The van der Waals surface area contributed by atoms with Crippen molar-refractivity contribution < 1.29 is 13.2 Å². The lowest BCUT2D eigenvalue weighted by Gasteiger charge is -2.29. The van der Waals surface area contributed by atoms with Gasteiger partial charge in [0, 0.05) is 17.8 Å². The smallest absolute Gasteiger partial charge is 0.298 e. The molecule has 4 N–H and O–H groups in total. The monoisotopic (exact) mass is 357 g/mol. The third-order valence-electron chi connectivity index (χ3n) is 3.39. The molecule has 1 aromatic carbocycles. The Labute approximate surface area is 141 Å². The Morgan fingerprint density at radius 2 is 2.08 bits per heavy atom. The Morgan fingerprint density at radius 3 is 2.67 bits per heavy atom. The summed E-state index contributed by atoms with van der Waals surface area (Å²) >= 11 is 5.70. The van der Waals surface area contributed by atoms with E-state index in [0.29, 0.717) is 0 Å². The predicted molar refractivity (Wildman–Crippen MR) is 85.9 cm³/mol. The van der Waals surface area contributed by atoms with E-state index >= 15 is 0 Å². The summed E-state index contributed by atoms with van der Waals surface area (Å²) in [5.41, 5.74) is -0.738. The fourth-order valence-corrected chi connectivity index (χ4v) is 2.43. The van der Waals surface area contributed by atoms with Crippen LogP contribution in [-0.2, 0) is 5.92 Å². The maximum atomic E-state index is 15.0. The Kier molecular flexibility index (Phi) is 5.63. The molecule has 0 amide bonds. The summed E-state index contributed by atoms with van der Waals surface area (Å²) < 4.78 is 44.2. The molecule has 2 aromatic rings. The maximum absolute atomic E-state index is 15.0. The van der Waals surface area contributed by atoms with Crippen LogP contribution in [0.2, 0.25) is 5.02 Å². The van der Waals surface area contributed by atoms with E-state index in [4.69, 9.17) is 23.3 Å². The minimum Gasteiger partial charge on any atom is -0.322 e. The highest BCUT2D eigenvalue weighted by Crippen LogP contribution is 2.42. The third-order valence-corrected chi connectivity index (χ3v) is 3.63. The molecule has 1 heterocycles. The minimum absolute atomic E-state index is 0.101. The second-order valence-electron chi connectivity index (χ2n) is 5.02. The van der Waals surface area contributed by atoms with Crippen LogP contribution in [0.25, 0.3) is 0 Å². The standard InChI is InChI=1S/C15H15ClF3N5/c16-10-4-5-11(13(17)7-10)12(8-24(21)9-23-20)15(18,19)14-3-1-2-6-22-14/h1-7,9,12H,8,20-21H2/b23-9-. The average molecular weight is 358 g/mol. The van der Waals surface area contributed by atoms with E-state index in [0.717, 1.165) is 17.4 Å². The minimum atomic E-state index is -3.49. The number of hydrogen-bond donors (Lipinski definition) is 2. The number of hydrogen-bond acceptors (Lipinski definition) is 4. The maximum Gasteiger partial charge on any atom is 0.298 e. The Hall–Kier alpha value is -2.32. The second-order valence-corrected chi connectivity index (χ2v) is 5.45. The summed E-state index contributed by atoms with van der Waals surface area (Å²) in [5, 5.41) is 4.13. The zero-order valence-corrected chi connectivity index (χ0v) is 13.2. The molecule has 0 fully saturated rings. The van der Waals surface area contributed by atoms with E-state index in [1.54, 1.807) is 0 Å². The van der Waals surface area contributed by atoms with Crippen molar-refractivity contribution >= 4 is 17.9 Å². The molecule has 0 saturated carbocycles. The first-order valence-electron chi connectivity index (χ1n) is 6.85. The van der Waals surface area contributed by atoms with Crippen LogP contribution in [0, 0.1) is 5.82 Å². The van der Waals surface area contributed by atoms with Crippen LogP contribution in [0.1, 0.15) is 17.2 Å². The van der Waals surface area contributed by atoms with E-state index in [2.05, 4.69) is 10.1 Å². The zero-order chi connectivity index (χ0) is 17.7. The van der Waals surface area contributed by atoms with Crippen molar-refractivity contribution in [1.82, 2.24) is 9.99 Å². The molecule has 5 nitrogen and oxygen atoms in total. The fraction of sp³-hybridized carbons (Fsp3) is 0.200. The summed E-state index contributed by atoms with van der Waals surface area (Å²) in [4.78, 5) is 3.68. The van der Waals surface area contributed by atoms with Crippen molar-refractivity contribution in [2.75, 3.05) is 6.54 Å². The first kappa shape index (κ1) is 18.0. The number of nitrogens with zero attached hydrogens (tertiary/aromatic N) is 3. The first-order valence-corrected chi connectivity index (χ1v) is 7.23. The van der Waals surface area contributed by atoms with Gasteiger partial charge in [-0.15, -0.1) is 0 Å². The van der Waals surface area contributed by atoms with Crippen molar-refractivity contribution in [3.05, 3.63) is 64.7 Å². The molecule has 0 saturated heterocycles. The average Bonchev–Trinajstić information content (AvgIpc) is 2.54. The van der Waals surface area contributed by atoms with Gasteiger partial charge in [-0.2, -0.15) is 13.9 Å². The van der Waals surface area contributed by atoms with Gasteiger partial charge in [0.2, 0.25) is 0 Å². The number of aromatic nitrogens is 1. The molecule has 128 valence electrons. The van der Waals surface area contributed by atoms with Crippen molar-refractivity contribution in [1.29, 1.82) is 0 Å². The molecule has 24 heavy (non-hydrogen) atoms. The van der Waals surface area contributed by atoms with Crippen LogP contribution in [0.15, 0.2) is 47.7 Å². The molecule has 0 radical (unpaired) electrons. The highest BCUT2D eigenvalue weighted by Gasteiger charge is 2.45. The van der Waals surface area contributed by atoms with E-state index in [-0.39, 0.29) is 10.6 Å². The summed E-state index contributed by atoms with van der Waals surface area (Å²) in [7, 11) is 0. The lowest BCUT2D eigenvalue weighted by Crippen LogP contribution is -2.40. The van der Waals surface area contributed by atoms with Crippen molar-refractivity contribution in [2.45, 2.75) is 11.8 Å². The quantitative estimate of drug-likeness (QED) is 0.360. The van der Waals surface area contributed by atoms with Gasteiger partial charge in [0.25, 0.3) is 5.92 Å². The molecule has 0 aliphatic heterocycles. The molecule has 1 unspecified atom stereocenters. The van der Waals surface area contributed by atoms with Crippen molar-refractivity contribution in [2.24, 2.45) is 16.8 Å². The highest BCUT2D eigenvalue weighted by atomic mass is 35.5. The molecular weight excluding hydrogens is 343 g/mol. The number of pyridine rings is 1. The number of alkyl halides is 2. The van der Waals surface area contributed by atoms with Gasteiger partial charge in [0.15, 0.2) is 0 Å². The molecular formula is C15H15ClF3N5. The molecule has 9 heteroatoms. The van der Waals surface area contributed by atoms with Gasteiger partial charge >= 0.3 is 0 Å². The number of benzene rings is 1. The largest absolute Gasteiger partial charge is 0.322 e. The molecule has 1 atom stereocenters. The van der Waals surface area contributed by atoms with Gasteiger partial charge in [-0.05, 0) is 29.8 Å². The van der Waals surface area contributed by atoms with E-state index in [1.165, 1.54) is 36.5 Å². The van der Waals surface area contributed by atoms with Gasteiger partial charge in [-0.3, -0.25) is 9.99 Å². The van der Waals surface area contributed by atoms with E-state index in [1.807, 2.05) is 0 Å². The summed E-state index contributed by atoms with van der Waals surface area (Å²) in [6.07, 6.45) is 2.20. The van der Waals surface area contributed by atoms with Crippen LogP contribution in [-0.4, -0.2) is 22.9 Å². The van der Waals surface area contributed by atoms with Gasteiger partial charge in [-0.25, -0.2) is 10.2 Å². The third kappa shape index (κ3) is 3.95. The topological polar surface area (TPSA) is 80.5 Å². The Balaban J connectivity index is 2.50. The van der Waals surface area contributed by atoms with Crippen LogP contribution in [0.3, 0.4) is 0 Å². The van der Waals surface area contributed by atoms with E-state index < -0.39 is 29.9 Å². The SMILES string of the molecule is N/N=C\N(N)CC(c1ccc(Cl)cc1F)C(F)(F)c1ccccn1. The Morgan fingerprint density at radius 1 is 1.33 bits per heavy atom. The van der Waals surface area contributed by atoms with Gasteiger partial charge in [-0.1, -0.05) is 23.7 Å². The molecule has 0 spiro atoms. The molecule has 2 rings (SSSR count). The van der Waals surface area contributed by atoms with E-state index in [9.17, 15) is 13.2 Å². The van der Waals surface area contributed by atoms with Crippen LogP contribution >= 0.6 is 11.6 Å². The second kappa shape index (κ2) is 7.50. The van der Waals surface area contributed by atoms with Crippen LogP contribution in [0.4, 0.5) is 13.2 Å². The van der Waals surface area contributed by atoms with Crippen LogP contribution < -0.4 is 11.7 Å². The lowest BCUT2D eigenvalue weighted by molar-refractivity contribution is -0.0442. The fourth-order valence-electron chi connectivity index (χ4n) is 2.27. The van der Waals surface area contributed by atoms with Gasteiger partial charge < -0.3 is 5.84 Å². The summed E-state index contributed by atoms with van der Waals surface area (Å²) in [5.74, 6) is 4.57. The highest BCUT2D eigenvalue weighted by molar-refractivity contribution is 6.30. The first-order chi connectivity index (χ1) is 11.4. The molecule has 0 aliphatic rings. The van der Waals surface area contributed by atoms with Gasteiger partial charge in [0.1, 0.15) is 17.8 Å². The number of hydrazone groups is 1. The predicted octanol–water partition coefficient (Wildman–Crippen LogP) is 2.83. The number of hydrazine groups is 1. The van der Waals surface area contributed by atoms with Crippen molar-refractivity contribution in [3.63, 3.8) is 0 Å². The number of nitrogens with two attached hydrogens (primary N) is 2. The Bertz CT molecular complexity index is 712. The number of rotatable bonds is 6. The van der Waals surface area contributed by atoms with Gasteiger partial charge in [0.05, 0.1) is 5.92 Å². The zero-order valence-electron chi connectivity index (χ0n) is 12.4. The molecule has 0 bridgehead atoms. The lowest BCUT2D eigenvalue weighted by atomic mass is 9.89. The molecule has 1 aromatic heterocycles. The van der Waals surface area contributed by atoms with Crippen molar-refractivity contribution in [3.8, 4) is 0 Å². The number of halogens is 4. The van der Waals surface area contributed by atoms with Crippen LogP contribution in [0.5, 0.6) is 0 Å². The molecule has 0 aliphatic carbocycles. The summed E-state index contributed by atoms with van der Waals surface area (Å²) in [6.45, 7) is -0.442. The normalized spacial score (nSPS) is 13.2. The summed E-state index contributed by atoms with van der Waals surface area (Å²) in [6, 6.07) is 7.60.